The van der Waals surface area contributed by atoms with E-state index in [1.54, 1.807) is 13.2 Å². The summed E-state index contributed by atoms with van der Waals surface area (Å²) in [4.78, 5) is 20.8. The number of aryl methyl sites for hydroxylation is 1. The standard InChI is InChI=1S/C13H13ClN2O3S/c1-7-6-20-12(13(17)19-3)11(7)8-4-9(14)16-10(15-8)5-18-2/h4,6H,5H2,1-3H3. The second-order valence-electron chi connectivity index (χ2n) is 4.04. The summed E-state index contributed by atoms with van der Waals surface area (Å²) < 4.78 is 9.80. The van der Waals surface area contributed by atoms with Crippen LogP contribution in [-0.4, -0.2) is 30.2 Å². The Morgan fingerprint density at radius 3 is 2.80 bits per heavy atom. The maximum absolute atomic E-state index is 11.8. The molecule has 0 aliphatic heterocycles. The fraction of sp³-hybridized carbons (Fsp3) is 0.308. The van der Waals surface area contributed by atoms with E-state index in [0.717, 1.165) is 11.1 Å². The summed E-state index contributed by atoms with van der Waals surface area (Å²) in [5, 5.41) is 2.19. The van der Waals surface area contributed by atoms with Crippen LogP contribution >= 0.6 is 22.9 Å². The molecule has 2 rings (SSSR count). The number of thiophene rings is 1. The Hall–Kier alpha value is -1.50. The van der Waals surface area contributed by atoms with Crippen LogP contribution in [0.3, 0.4) is 0 Å². The highest BCUT2D eigenvalue weighted by Crippen LogP contribution is 2.32. The van der Waals surface area contributed by atoms with Gasteiger partial charge in [-0.2, -0.15) is 0 Å². The Kier molecular flexibility index (Phi) is 4.69. The molecule has 0 aliphatic rings. The van der Waals surface area contributed by atoms with Gasteiger partial charge in [0.15, 0.2) is 5.82 Å². The molecule has 0 saturated heterocycles. The predicted octanol–water partition coefficient (Wildman–Crippen LogP) is 3.10. The fourth-order valence-corrected chi connectivity index (χ4v) is 2.97. The average Bonchev–Trinajstić information content (AvgIpc) is 2.79. The molecule has 0 saturated carbocycles. The number of hydrogen-bond donors (Lipinski definition) is 0. The maximum atomic E-state index is 11.8. The summed E-state index contributed by atoms with van der Waals surface area (Å²) in [5.41, 5.74) is 2.26. The van der Waals surface area contributed by atoms with Gasteiger partial charge in [-0.05, 0) is 17.9 Å². The Morgan fingerprint density at radius 1 is 1.40 bits per heavy atom. The van der Waals surface area contributed by atoms with Crippen LogP contribution in [0.2, 0.25) is 5.15 Å². The molecule has 0 radical (unpaired) electrons. The number of rotatable bonds is 4. The quantitative estimate of drug-likeness (QED) is 0.641. The first-order chi connectivity index (χ1) is 9.56. The number of aromatic nitrogens is 2. The minimum Gasteiger partial charge on any atom is -0.465 e. The van der Waals surface area contributed by atoms with E-state index in [9.17, 15) is 4.79 Å². The minimum absolute atomic E-state index is 0.254. The van der Waals surface area contributed by atoms with E-state index < -0.39 is 0 Å². The molecule has 0 N–H and O–H groups in total. The molecule has 0 aliphatic carbocycles. The molecular weight excluding hydrogens is 300 g/mol. The van der Waals surface area contributed by atoms with Crippen molar-refractivity contribution in [1.82, 2.24) is 9.97 Å². The smallest absolute Gasteiger partial charge is 0.348 e. The van der Waals surface area contributed by atoms with Crippen LogP contribution in [0.4, 0.5) is 0 Å². The van der Waals surface area contributed by atoms with E-state index in [0.29, 0.717) is 21.5 Å². The maximum Gasteiger partial charge on any atom is 0.348 e. The summed E-state index contributed by atoms with van der Waals surface area (Å²) >= 11 is 7.32. The number of carbonyl (C=O) groups excluding carboxylic acids is 1. The normalized spacial score (nSPS) is 10.6. The molecule has 0 atom stereocenters. The largest absolute Gasteiger partial charge is 0.465 e. The second kappa shape index (κ2) is 6.30. The van der Waals surface area contributed by atoms with E-state index in [1.807, 2.05) is 12.3 Å². The van der Waals surface area contributed by atoms with Crippen molar-refractivity contribution in [2.24, 2.45) is 0 Å². The molecule has 0 bridgehead atoms. The summed E-state index contributed by atoms with van der Waals surface area (Å²) in [5.74, 6) is 0.0811. The molecule has 0 spiro atoms. The van der Waals surface area contributed by atoms with Crippen LogP contribution < -0.4 is 0 Å². The Labute approximate surface area is 125 Å². The fourth-order valence-electron chi connectivity index (χ4n) is 1.79. The third-order valence-corrected chi connectivity index (χ3v) is 3.89. The van der Waals surface area contributed by atoms with Crippen LogP contribution in [0.25, 0.3) is 11.3 Å². The lowest BCUT2D eigenvalue weighted by molar-refractivity contribution is 0.0607. The van der Waals surface area contributed by atoms with Crippen LogP contribution in [0.15, 0.2) is 11.4 Å². The molecule has 2 aromatic heterocycles. The molecule has 5 nitrogen and oxygen atoms in total. The van der Waals surface area contributed by atoms with Crippen LogP contribution in [0, 0.1) is 6.92 Å². The van der Waals surface area contributed by atoms with Gasteiger partial charge >= 0.3 is 5.97 Å². The zero-order valence-electron chi connectivity index (χ0n) is 11.3. The first-order valence-electron chi connectivity index (χ1n) is 5.76. The number of methoxy groups -OCH3 is 2. The van der Waals surface area contributed by atoms with Gasteiger partial charge < -0.3 is 9.47 Å². The van der Waals surface area contributed by atoms with E-state index in [1.165, 1.54) is 18.4 Å². The SMILES string of the molecule is COCc1nc(Cl)cc(-c2c(C)csc2C(=O)OC)n1. The van der Waals surface area contributed by atoms with Crippen LogP contribution in [-0.2, 0) is 16.1 Å². The third-order valence-electron chi connectivity index (χ3n) is 2.62. The van der Waals surface area contributed by atoms with Crippen molar-refractivity contribution in [2.45, 2.75) is 13.5 Å². The number of ether oxygens (including phenoxy) is 2. The summed E-state index contributed by atoms with van der Waals surface area (Å²) in [7, 11) is 2.91. The van der Waals surface area contributed by atoms with Crippen molar-refractivity contribution >= 4 is 28.9 Å². The molecule has 2 aromatic rings. The number of nitrogens with zero attached hydrogens (tertiary/aromatic N) is 2. The molecule has 0 unspecified atom stereocenters. The summed E-state index contributed by atoms with van der Waals surface area (Å²) in [6.45, 7) is 2.16. The summed E-state index contributed by atoms with van der Waals surface area (Å²) in [6.07, 6.45) is 0. The Morgan fingerprint density at radius 2 is 2.15 bits per heavy atom. The van der Waals surface area contributed by atoms with Crippen LogP contribution in [0.5, 0.6) is 0 Å². The summed E-state index contributed by atoms with van der Waals surface area (Å²) in [6, 6.07) is 1.63. The number of hydrogen-bond acceptors (Lipinski definition) is 6. The van der Waals surface area contributed by atoms with Gasteiger partial charge in [0.25, 0.3) is 0 Å². The minimum atomic E-state index is -0.388. The van der Waals surface area contributed by atoms with Gasteiger partial charge in [0.1, 0.15) is 16.6 Å². The highest BCUT2D eigenvalue weighted by Gasteiger charge is 2.20. The predicted molar refractivity (Wildman–Crippen MR) is 77.1 cm³/mol. The Bertz CT molecular complexity index is 643. The lowest BCUT2D eigenvalue weighted by atomic mass is 10.1. The second-order valence-corrected chi connectivity index (χ2v) is 5.31. The highest BCUT2D eigenvalue weighted by atomic mass is 35.5. The van der Waals surface area contributed by atoms with Gasteiger partial charge in [-0.1, -0.05) is 11.6 Å². The zero-order valence-corrected chi connectivity index (χ0v) is 12.8. The first kappa shape index (κ1) is 14.9. The van der Waals surface area contributed by atoms with Gasteiger partial charge in [0, 0.05) is 18.7 Å². The molecule has 0 amide bonds. The van der Waals surface area contributed by atoms with Gasteiger partial charge in [-0.15, -0.1) is 11.3 Å². The van der Waals surface area contributed by atoms with E-state index in [2.05, 4.69) is 9.97 Å². The lowest BCUT2D eigenvalue weighted by Gasteiger charge is -2.07. The van der Waals surface area contributed by atoms with Gasteiger partial charge in [0.2, 0.25) is 0 Å². The topological polar surface area (TPSA) is 61.3 Å². The molecule has 7 heteroatoms. The molecule has 0 fully saturated rings. The first-order valence-corrected chi connectivity index (χ1v) is 7.01. The van der Waals surface area contributed by atoms with Crippen LogP contribution in [0.1, 0.15) is 21.1 Å². The van der Waals surface area contributed by atoms with Gasteiger partial charge in [0.05, 0.1) is 12.8 Å². The van der Waals surface area contributed by atoms with E-state index in [4.69, 9.17) is 21.1 Å². The lowest BCUT2D eigenvalue weighted by Crippen LogP contribution is -2.03. The number of halogens is 1. The zero-order chi connectivity index (χ0) is 14.7. The van der Waals surface area contributed by atoms with Crippen molar-refractivity contribution in [3.05, 3.63) is 32.9 Å². The highest BCUT2D eigenvalue weighted by molar-refractivity contribution is 7.12. The van der Waals surface area contributed by atoms with Crippen molar-refractivity contribution in [3.8, 4) is 11.3 Å². The number of esters is 1. The average molecular weight is 313 g/mol. The molecular formula is C13H13ClN2O3S. The monoisotopic (exact) mass is 312 g/mol. The van der Waals surface area contributed by atoms with Gasteiger partial charge in [-0.3, -0.25) is 0 Å². The van der Waals surface area contributed by atoms with Crippen molar-refractivity contribution in [1.29, 1.82) is 0 Å². The molecule has 106 valence electrons. The van der Waals surface area contributed by atoms with Crippen molar-refractivity contribution in [3.63, 3.8) is 0 Å². The van der Waals surface area contributed by atoms with Crippen molar-refractivity contribution in [2.75, 3.05) is 14.2 Å². The molecule has 2 heterocycles. The van der Waals surface area contributed by atoms with E-state index >= 15 is 0 Å². The number of carbonyl (C=O) groups is 1. The molecule has 0 aromatic carbocycles. The Balaban J connectivity index is 2.56. The third kappa shape index (κ3) is 2.98. The van der Waals surface area contributed by atoms with Crippen molar-refractivity contribution < 1.29 is 14.3 Å². The van der Waals surface area contributed by atoms with Gasteiger partial charge in [-0.25, -0.2) is 14.8 Å². The van der Waals surface area contributed by atoms with E-state index in [-0.39, 0.29) is 12.6 Å². The molecule has 20 heavy (non-hydrogen) atoms.